The van der Waals surface area contributed by atoms with Gasteiger partial charge in [0, 0.05) is 37.8 Å². The molecule has 0 radical (unpaired) electrons. The number of aliphatic hydroxyl groups is 1. The highest BCUT2D eigenvalue weighted by Crippen LogP contribution is 2.28. The molecule has 124 valence electrons. The summed E-state index contributed by atoms with van der Waals surface area (Å²) < 4.78 is 5.15. The Kier molecular flexibility index (Phi) is 4.52. The van der Waals surface area contributed by atoms with Crippen LogP contribution in [0.25, 0.3) is 0 Å². The summed E-state index contributed by atoms with van der Waals surface area (Å²) in [7, 11) is 2.03. The number of amidine groups is 1. The number of hydrogen-bond donors (Lipinski definition) is 1. The molecule has 1 fully saturated rings. The normalized spacial score (nSPS) is 24.0. The summed E-state index contributed by atoms with van der Waals surface area (Å²) in [4.78, 5) is 20.8. The maximum atomic E-state index is 12.2. The summed E-state index contributed by atoms with van der Waals surface area (Å²) in [6, 6.07) is 7.56. The predicted octanol–water partition coefficient (Wildman–Crippen LogP) is 0.881. The second kappa shape index (κ2) is 6.58. The molecule has 1 aromatic carbocycles. The molecule has 6 nitrogen and oxygen atoms in total. The van der Waals surface area contributed by atoms with Crippen LogP contribution in [0.3, 0.4) is 0 Å². The first-order valence-corrected chi connectivity index (χ1v) is 8.07. The molecule has 1 saturated heterocycles. The van der Waals surface area contributed by atoms with E-state index in [2.05, 4.69) is 9.89 Å². The van der Waals surface area contributed by atoms with Crippen LogP contribution in [0.2, 0.25) is 0 Å². The molecule has 1 N–H and O–H groups in total. The number of carbonyl (C=O) groups is 1. The van der Waals surface area contributed by atoms with Gasteiger partial charge in [0.25, 0.3) is 0 Å². The third-order valence-corrected chi connectivity index (χ3v) is 4.33. The van der Waals surface area contributed by atoms with Crippen LogP contribution in [0.1, 0.15) is 18.9 Å². The van der Waals surface area contributed by atoms with Gasteiger partial charge in [-0.1, -0.05) is 12.1 Å². The lowest BCUT2D eigenvalue weighted by atomic mass is 10.1. The van der Waals surface area contributed by atoms with Gasteiger partial charge in [0.05, 0.1) is 19.3 Å². The number of likely N-dealkylation sites (N-methyl/N-ethyl adjacent to an activating group) is 1. The first kappa shape index (κ1) is 15.8. The number of rotatable bonds is 4. The summed E-state index contributed by atoms with van der Waals surface area (Å²) in [5.41, 5.74) is 1.95. The van der Waals surface area contributed by atoms with Gasteiger partial charge in [-0.2, -0.15) is 0 Å². The van der Waals surface area contributed by atoms with Gasteiger partial charge in [-0.05, 0) is 19.1 Å². The van der Waals surface area contributed by atoms with Gasteiger partial charge in [0.1, 0.15) is 11.9 Å². The van der Waals surface area contributed by atoms with Crippen LogP contribution in [0.4, 0.5) is 5.69 Å². The van der Waals surface area contributed by atoms with Crippen molar-refractivity contribution in [1.29, 1.82) is 0 Å². The molecule has 23 heavy (non-hydrogen) atoms. The molecule has 0 aromatic heterocycles. The van der Waals surface area contributed by atoms with E-state index in [0.717, 1.165) is 30.2 Å². The number of hydrogen-bond acceptors (Lipinski definition) is 6. The largest absolute Gasteiger partial charge is 0.464 e. The van der Waals surface area contributed by atoms with Crippen molar-refractivity contribution in [1.82, 2.24) is 4.90 Å². The summed E-state index contributed by atoms with van der Waals surface area (Å²) in [6.07, 6.45) is -0.108. The molecule has 6 heteroatoms. The fourth-order valence-corrected chi connectivity index (χ4v) is 3.23. The van der Waals surface area contributed by atoms with E-state index in [0.29, 0.717) is 19.6 Å². The Morgan fingerprint density at radius 2 is 2.30 bits per heavy atom. The van der Waals surface area contributed by atoms with Gasteiger partial charge >= 0.3 is 5.97 Å². The quantitative estimate of drug-likeness (QED) is 0.835. The van der Waals surface area contributed by atoms with Crippen molar-refractivity contribution in [2.24, 2.45) is 4.99 Å². The van der Waals surface area contributed by atoms with Crippen molar-refractivity contribution >= 4 is 17.5 Å². The van der Waals surface area contributed by atoms with E-state index in [1.807, 2.05) is 36.2 Å². The van der Waals surface area contributed by atoms with Gasteiger partial charge in [0.15, 0.2) is 0 Å². The molecule has 2 atom stereocenters. The second-order valence-electron chi connectivity index (χ2n) is 5.99. The summed E-state index contributed by atoms with van der Waals surface area (Å²) >= 11 is 0. The van der Waals surface area contributed by atoms with E-state index in [1.54, 1.807) is 6.92 Å². The van der Waals surface area contributed by atoms with Crippen LogP contribution in [-0.4, -0.2) is 67.2 Å². The molecule has 3 rings (SSSR count). The highest BCUT2D eigenvalue weighted by Gasteiger charge is 2.37. The van der Waals surface area contributed by atoms with Crippen molar-refractivity contribution in [3.63, 3.8) is 0 Å². The number of aliphatic imine (C=N–C) groups is 1. The lowest BCUT2D eigenvalue weighted by Gasteiger charge is -2.25. The van der Waals surface area contributed by atoms with Crippen molar-refractivity contribution in [2.75, 3.05) is 38.2 Å². The molecule has 2 aliphatic rings. The second-order valence-corrected chi connectivity index (χ2v) is 5.99. The average Bonchev–Trinajstić information content (AvgIpc) is 3.13. The van der Waals surface area contributed by atoms with Gasteiger partial charge in [-0.15, -0.1) is 0 Å². The Morgan fingerprint density at radius 1 is 1.48 bits per heavy atom. The zero-order chi connectivity index (χ0) is 16.4. The first-order chi connectivity index (χ1) is 11.1. The third kappa shape index (κ3) is 3.17. The SMILES string of the molecule is CCOC(=O)C1CC(O)CN1c1cccc(C2=NCCN2C)c1. The van der Waals surface area contributed by atoms with Gasteiger partial charge < -0.3 is 19.6 Å². The molecule has 0 bridgehead atoms. The van der Waals surface area contributed by atoms with Gasteiger partial charge in [-0.25, -0.2) is 4.79 Å². The molecular formula is C17H23N3O3. The van der Waals surface area contributed by atoms with E-state index in [9.17, 15) is 9.90 Å². The van der Waals surface area contributed by atoms with E-state index >= 15 is 0 Å². The zero-order valence-corrected chi connectivity index (χ0v) is 13.6. The standard InChI is InChI=1S/C17H23N3O3/c1-3-23-17(22)15-10-14(21)11-20(15)13-6-4-5-12(9-13)16-18-7-8-19(16)2/h4-6,9,14-15,21H,3,7-8,10-11H2,1-2H3. The number of carbonyl (C=O) groups excluding carboxylic acids is 1. The van der Waals surface area contributed by atoms with Crippen molar-refractivity contribution < 1.29 is 14.6 Å². The highest BCUT2D eigenvalue weighted by atomic mass is 16.5. The number of ether oxygens (including phenoxy) is 1. The minimum atomic E-state index is -0.514. The van der Waals surface area contributed by atoms with Crippen molar-refractivity contribution in [3.8, 4) is 0 Å². The molecular weight excluding hydrogens is 294 g/mol. The number of β-amino-alcohol motifs (C(OH)–C–C–N with tert-alkyl or cyclic N) is 1. The molecule has 1 aromatic rings. The Bertz CT molecular complexity index is 617. The average molecular weight is 317 g/mol. The first-order valence-electron chi connectivity index (χ1n) is 8.07. The number of esters is 1. The lowest BCUT2D eigenvalue weighted by Crippen LogP contribution is -2.37. The summed E-state index contributed by atoms with van der Waals surface area (Å²) in [5, 5.41) is 9.99. The monoisotopic (exact) mass is 317 g/mol. The van der Waals surface area contributed by atoms with Crippen LogP contribution in [0.15, 0.2) is 29.3 Å². The van der Waals surface area contributed by atoms with E-state index in [4.69, 9.17) is 4.74 Å². The molecule has 0 aliphatic carbocycles. The van der Waals surface area contributed by atoms with Crippen LogP contribution < -0.4 is 4.90 Å². The number of aliphatic hydroxyl groups excluding tert-OH is 1. The highest BCUT2D eigenvalue weighted by molar-refractivity contribution is 6.00. The topological polar surface area (TPSA) is 65.4 Å². The minimum Gasteiger partial charge on any atom is -0.464 e. The van der Waals surface area contributed by atoms with E-state index in [-0.39, 0.29) is 5.97 Å². The Labute approximate surface area is 136 Å². The third-order valence-electron chi connectivity index (χ3n) is 4.33. The number of nitrogens with zero attached hydrogens (tertiary/aromatic N) is 3. The lowest BCUT2D eigenvalue weighted by molar-refractivity contribution is -0.144. The fourth-order valence-electron chi connectivity index (χ4n) is 3.23. The fraction of sp³-hybridized carbons (Fsp3) is 0.529. The van der Waals surface area contributed by atoms with Crippen LogP contribution in [-0.2, 0) is 9.53 Å². The van der Waals surface area contributed by atoms with Crippen LogP contribution >= 0.6 is 0 Å². The zero-order valence-electron chi connectivity index (χ0n) is 13.6. The van der Waals surface area contributed by atoms with E-state index < -0.39 is 12.1 Å². The number of benzene rings is 1. The Hall–Kier alpha value is -2.08. The van der Waals surface area contributed by atoms with Crippen molar-refractivity contribution in [2.45, 2.75) is 25.5 Å². The van der Waals surface area contributed by atoms with Gasteiger partial charge in [0.2, 0.25) is 0 Å². The maximum absolute atomic E-state index is 12.2. The van der Waals surface area contributed by atoms with Crippen LogP contribution in [0.5, 0.6) is 0 Å². The molecule has 0 saturated carbocycles. The Morgan fingerprint density at radius 3 is 3.00 bits per heavy atom. The molecule has 0 amide bonds. The summed E-state index contributed by atoms with van der Waals surface area (Å²) in [5.74, 6) is 0.698. The number of anilines is 1. The predicted molar refractivity (Wildman–Crippen MR) is 88.9 cm³/mol. The molecule has 2 aliphatic heterocycles. The molecule has 2 unspecified atom stereocenters. The molecule has 2 heterocycles. The summed E-state index contributed by atoms with van der Waals surface area (Å²) in [6.45, 7) is 4.32. The smallest absolute Gasteiger partial charge is 0.328 e. The van der Waals surface area contributed by atoms with E-state index in [1.165, 1.54) is 0 Å². The van der Waals surface area contributed by atoms with Gasteiger partial charge in [-0.3, -0.25) is 4.99 Å². The minimum absolute atomic E-state index is 0.273. The van der Waals surface area contributed by atoms with Crippen molar-refractivity contribution in [3.05, 3.63) is 29.8 Å². The molecule has 0 spiro atoms. The Balaban J connectivity index is 1.86. The van der Waals surface area contributed by atoms with Crippen LogP contribution in [0, 0.1) is 0 Å². The maximum Gasteiger partial charge on any atom is 0.328 e.